The maximum Gasteiger partial charge on any atom is 0.179 e. The van der Waals surface area contributed by atoms with Crippen LogP contribution in [0.4, 0.5) is 0 Å². The Labute approximate surface area is 401 Å². The molecule has 0 aliphatic heterocycles. The molecule has 0 bridgehead atoms. The maximum atomic E-state index is 5.49. The van der Waals surface area contributed by atoms with Gasteiger partial charge in [0.1, 0.15) is 5.82 Å². The Kier molecular flexibility index (Phi) is 9.81. The Morgan fingerprint density at radius 1 is 0.275 bits per heavy atom. The average Bonchev–Trinajstić information content (AvgIpc) is 3.95. The molecule has 4 nitrogen and oxygen atoms in total. The third-order valence-electron chi connectivity index (χ3n) is 13.9. The molecule has 3 heterocycles. The van der Waals surface area contributed by atoms with Crippen LogP contribution in [0, 0.1) is 0 Å². The molecule has 0 saturated carbocycles. The highest BCUT2D eigenvalue weighted by atomic mass is 28.3. The molecular formula is C64H44N4Si. The highest BCUT2D eigenvalue weighted by Gasteiger charge is 2.41. The monoisotopic (exact) mass is 896 g/mol. The summed E-state index contributed by atoms with van der Waals surface area (Å²) in [6.07, 6.45) is 0. The summed E-state index contributed by atoms with van der Waals surface area (Å²) in [6.45, 7) is 0. The molecule has 13 rings (SSSR count). The van der Waals surface area contributed by atoms with Gasteiger partial charge >= 0.3 is 0 Å². The molecule has 0 aliphatic rings. The van der Waals surface area contributed by atoms with Crippen LogP contribution in [0.3, 0.4) is 0 Å². The van der Waals surface area contributed by atoms with Gasteiger partial charge in [0.2, 0.25) is 0 Å². The molecule has 0 fully saturated rings. The van der Waals surface area contributed by atoms with Crippen molar-refractivity contribution in [3.05, 3.63) is 267 Å². The Balaban J connectivity index is 1.02. The second-order valence-corrected chi connectivity index (χ2v) is 21.5. The van der Waals surface area contributed by atoms with Gasteiger partial charge in [-0.25, -0.2) is 9.97 Å². The van der Waals surface area contributed by atoms with E-state index in [2.05, 4.69) is 276 Å². The number of aromatic nitrogens is 4. The van der Waals surface area contributed by atoms with Crippen molar-refractivity contribution in [3.8, 4) is 45.3 Å². The van der Waals surface area contributed by atoms with Gasteiger partial charge in [-0.1, -0.05) is 218 Å². The van der Waals surface area contributed by atoms with Gasteiger partial charge in [-0.2, -0.15) is 0 Å². The Bertz CT molecular complexity index is 3840. The minimum Gasteiger partial charge on any atom is -0.309 e. The summed E-state index contributed by atoms with van der Waals surface area (Å²) in [5.74, 6) is 1.47. The molecule has 0 spiro atoms. The number of para-hydroxylation sites is 3. The quantitative estimate of drug-likeness (QED) is 0.107. The van der Waals surface area contributed by atoms with Crippen molar-refractivity contribution in [3.63, 3.8) is 0 Å². The summed E-state index contributed by atoms with van der Waals surface area (Å²) in [5.41, 5.74) is 10.7. The van der Waals surface area contributed by atoms with Gasteiger partial charge in [0.15, 0.2) is 13.9 Å². The number of hydrogen-bond donors (Lipinski definition) is 0. The van der Waals surface area contributed by atoms with Crippen LogP contribution in [0.25, 0.3) is 88.9 Å². The van der Waals surface area contributed by atoms with Crippen LogP contribution in [-0.4, -0.2) is 27.2 Å². The number of rotatable bonds is 9. The summed E-state index contributed by atoms with van der Waals surface area (Å²) < 4.78 is 4.72. The molecule has 0 radical (unpaired) electrons. The molecule has 324 valence electrons. The first-order valence-electron chi connectivity index (χ1n) is 23.6. The first-order valence-corrected chi connectivity index (χ1v) is 25.6. The van der Waals surface area contributed by atoms with Crippen LogP contribution in [0.15, 0.2) is 267 Å². The molecule has 69 heavy (non-hydrogen) atoms. The van der Waals surface area contributed by atoms with E-state index in [9.17, 15) is 0 Å². The van der Waals surface area contributed by atoms with Gasteiger partial charge in [-0.15, -0.1) is 0 Å². The fourth-order valence-electron chi connectivity index (χ4n) is 10.8. The molecule has 0 amide bonds. The van der Waals surface area contributed by atoms with E-state index in [0.29, 0.717) is 5.82 Å². The molecule has 13 aromatic rings. The van der Waals surface area contributed by atoms with Crippen LogP contribution >= 0.6 is 0 Å². The molecule has 5 heteroatoms. The molecular weight excluding hydrogens is 853 g/mol. The van der Waals surface area contributed by atoms with E-state index >= 15 is 0 Å². The van der Waals surface area contributed by atoms with E-state index in [-0.39, 0.29) is 0 Å². The minimum atomic E-state index is -2.74. The molecule has 0 aliphatic carbocycles. The summed E-state index contributed by atoms with van der Waals surface area (Å²) >= 11 is 0. The van der Waals surface area contributed by atoms with Gasteiger partial charge in [0, 0.05) is 44.4 Å². The standard InChI is InChI=1S/C64H44N4Si/c1-5-20-45(21-6-1)47-22-19-23-48(42-47)64-65-58(46-36-39-53(40-37-46)69(50-24-7-2-8-25-50,51-26-9-3-10-27-51)52-28-11-4-12-29-52)44-63(66-64)68-61-35-18-15-32-56(61)57-43-49(38-41-62(57)68)67-59-33-16-13-30-54(59)55-31-14-17-34-60(55)67/h1-44H. The van der Waals surface area contributed by atoms with Crippen LogP contribution in [0.2, 0.25) is 0 Å². The van der Waals surface area contributed by atoms with Crippen LogP contribution < -0.4 is 20.7 Å². The van der Waals surface area contributed by atoms with E-state index in [1.807, 2.05) is 0 Å². The van der Waals surface area contributed by atoms with Crippen LogP contribution in [-0.2, 0) is 0 Å². The lowest BCUT2D eigenvalue weighted by atomic mass is 10.0. The van der Waals surface area contributed by atoms with E-state index in [1.165, 1.54) is 42.6 Å². The number of nitrogens with zero attached hydrogens (tertiary/aromatic N) is 4. The number of fused-ring (bicyclic) bond motifs is 6. The van der Waals surface area contributed by atoms with Crippen molar-refractivity contribution in [2.45, 2.75) is 0 Å². The first kappa shape index (κ1) is 40.4. The van der Waals surface area contributed by atoms with Gasteiger partial charge < -0.3 is 4.57 Å². The van der Waals surface area contributed by atoms with E-state index < -0.39 is 8.07 Å². The van der Waals surface area contributed by atoms with Gasteiger partial charge in [-0.3, -0.25) is 4.57 Å². The second kappa shape index (κ2) is 16.8. The van der Waals surface area contributed by atoms with Crippen molar-refractivity contribution in [2.75, 3.05) is 0 Å². The Morgan fingerprint density at radius 2 is 0.725 bits per heavy atom. The molecule has 0 N–H and O–H groups in total. The lowest BCUT2D eigenvalue weighted by Gasteiger charge is -2.34. The normalized spacial score (nSPS) is 11.8. The number of benzene rings is 10. The maximum absolute atomic E-state index is 5.49. The highest BCUT2D eigenvalue weighted by molar-refractivity contribution is 7.19. The summed E-state index contributed by atoms with van der Waals surface area (Å²) in [5, 5.41) is 10.1. The van der Waals surface area contributed by atoms with Crippen molar-refractivity contribution in [1.82, 2.24) is 19.1 Å². The predicted molar refractivity (Wildman–Crippen MR) is 291 cm³/mol. The summed E-state index contributed by atoms with van der Waals surface area (Å²) in [7, 11) is -2.74. The smallest absolute Gasteiger partial charge is 0.179 e. The second-order valence-electron chi connectivity index (χ2n) is 17.7. The molecule has 0 unspecified atom stereocenters. The van der Waals surface area contributed by atoms with Gasteiger partial charge in [0.05, 0.1) is 27.8 Å². The van der Waals surface area contributed by atoms with Crippen molar-refractivity contribution >= 4 is 72.4 Å². The highest BCUT2D eigenvalue weighted by Crippen LogP contribution is 2.38. The van der Waals surface area contributed by atoms with E-state index in [4.69, 9.17) is 9.97 Å². The Hall–Kier alpha value is -8.90. The molecule has 10 aromatic carbocycles. The third kappa shape index (κ3) is 6.74. The van der Waals surface area contributed by atoms with Crippen molar-refractivity contribution in [2.24, 2.45) is 0 Å². The van der Waals surface area contributed by atoms with Crippen LogP contribution in [0.1, 0.15) is 0 Å². The van der Waals surface area contributed by atoms with Crippen LogP contribution in [0.5, 0.6) is 0 Å². The Morgan fingerprint density at radius 3 is 1.30 bits per heavy atom. The van der Waals surface area contributed by atoms with E-state index in [1.54, 1.807) is 0 Å². The van der Waals surface area contributed by atoms with E-state index in [0.717, 1.165) is 61.3 Å². The zero-order valence-corrected chi connectivity index (χ0v) is 38.7. The average molecular weight is 897 g/mol. The number of hydrogen-bond acceptors (Lipinski definition) is 2. The lowest BCUT2D eigenvalue weighted by Crippen LogP contribution is -2.74. The van der Waals surface area contributed by atoms with Gasteiger partial charge in [0.25, 0.3) is 0 Å². The zero-order chi connectivity index (χ0) is 45.7. The predicted octanol–water partition coefficient (Wildman–Crippen LogP) is 13.0. The third-order valence-corrected chi connectivity index (χ3v) is 18.7. The summed E-state index contributed by atoms with van der Waals surface area (Å²) in [6, 6.07) is 96.8. The lowest BCUT2D eigenvalue weighted by molar-refractivity contribution is 1.05. The minimum absolute atomic E-state index is 0.666. The van der Waals surface area contributed by atoms with Crippen molar-refractivity contribution < 1.29 is 0 Å². The molecule has 3 aromatic heterocycles. The first-order chi connectivity index (χ1) is 34.2. The summed E-state index contributed by atoms with van der Waals surface area (Å²) in [4.78, 5) is 10.9. The zero-order valence-electron chi connectivity index (χ0n) is 37.7. The topological polar surface area (TPSA) is 35.6 Å². The van der Waals surface area contributed by atoms with Gasteiger partial charge in [-0.05, 0) is 74.3 Å². The molecule has 0 saturated heterocycles. The molecule has 0 atom stereocenters. The fourth-order valence-corrected chi connectivity index (χ4v) is 15.5. The fraction of sp³-hybridized carbons (Fsp3) is 0. The SMILES string of the molecule is c1ccc(-c2cccc(-c3nc(-c4ccc([Si](c5ccccc5)(c5ccccc5)c5ccccc5)cc4)cc(-n4c5ccccc5c5cc(-n6c7ccccc7c7ccccc76)ccc54)n3)c2)cc1. The largest absolute Gasteiger partial charge is 0.309 e. The van der Waals surface area contributed by atoms with Crippen molar-refractivity contribution in [1.29, 1.82) is 0 Å².